The van der Waals surface area contributed by atoms with Crippen LogP contribution in [0.5, 0.6) is 5.75 Å². The van der Waals surface area contributed by atoms with Gasteiger partial charge in [-0.15, -0.1) is 24.8 Å². The van der Waals surface area contributed by atoms with Crippen LogP contribution < -0.4 is 15.4 Å². The van der Waals surface area contributed by atoms with Gasteiger partial charge >= 0.3 is 6.03 Å². The van der Waals surface area contributed by atoms with E-state index < -0.39 is 5.72 Å². The second-order valence-electron chi connectivity index (χ2n) is 5.86. The van der Waals surface area contributed by atoms with Crippen molar-refractivity contribution in [1.29, 1.82) is 0 Å². The van der Waals surface area contributed by atoms with Gasteiger partial charge in [0.2, 0.25) is 5.72 Å². The van der Waals surface area contributed by atoms with Crippen molar-refractivity contribution in [1.82, 2.24) is 20.5 Å². The lowest BCUT2D eigenvalue weighted by molar-refractivity contribution is 0.0508. The maximum Gasteiger partial charge on any atom is 0.320 e. The number of benzene rings is 1. The third kappa shape index (κ3) is 5.49. The number of nitrogens with one attached hydrogen (secondary N) is 2. The number of pyridine rings is 1. The molecule has 6 nitrogen and oxygen atoms in total. The van der Waals surface area contributed by atoms with Gasteiger partial charge in [-0.25, -0.2) is 4.79 Å². The number of ether oxygens (including phenoxy) is 1. The van der Waals surface area contributed by atoms with E-state index in [4.69, 9.17) is 4.74 Å². The highest BCUT2D eigenvalue weighted by atomic mass is 35.5. The fourth-order valence-corrected chi connectivity index (χ4v) is 2.71. The smallest absolute Gasteiger partial charge is 0.320 e. The van der Waals surface area contributed by atoms with Crippen LogP contribution in [0.15, 0.2) is 54.9 Å². The Morgan fingerprint density at radius 2 is 1.85 bits per heavy atom. The maximum atomic E-state index is 12.7. The second kappa shape index (κ2) is 10.2. The summed E-state index contributed by atoms with van der Waals surface area (Å²) in [5.74, 6) is 0.601. The van der Waals surface area contributed by atoms with E-state index in [9.17, 15) is 4.79 Å². The number of rotatable bonds is 4. The van der Waals surface area contributed by atoms with Gasteiger partial charge in [-0.05, 0) is 19.1 Å². The van der Waals surface area contributed by atoms with Crippen LogP contribution in [-0.2, 0) is 5.72 Å². The fourth-order valence-electron chi connectivity index (χ4n) is 2.71. The maximum absolute atomic E-state index is 12.7. The lowest BCUT2D eigenvalue weighted by Crippen LogP contribution is -2.56. The van der Waals surface area contributed by atoms with E-state index in [-0.39, 0.29) is 30.8 Å². The molecule has 3 rings (SSSR count). The standard InChI is InChI=1S/C18H22N4O2.2ClH/c1-18(15-6-3-2-4-7-15,24-16-8-5-9-20-14-16)21-17(23)22-12-10-19-11-13-22;;/h2-9,14,19H,10-13H2,1H3,(H,21,23);2*1H. The molecule has 1 aliphatic rings. The molecule has 0 radical (unpaired) electrons. The Labute approximate surface area is 166 Å². The topological polar surface area (TPSA) is 66.5 Å². The zero-order valence-corrected chi connectivity index (χ0v) is 16.2. The largest absolute Gasteiger partial charge is 0.462 e. The first-order chi connectivity index (χ1) is 11.7. The number of carbonyl (C=O) groups is 1. The minimum atomic E-state index is -0.980. The lowest BCUT2D eigenvalue weighted by atomic mass is 10.0. The third-order valence-electron chi connectivity index (χ3n) is 4.03. The quantitative estimate of drug-likeness (QED) is 0.776. The van der Waals surface area contributed by atoms with Crippen LogP contribution in [0.25, 0.3) is 0 Å². The number of piperazine rings is 1. The highest BCUT2D eigenvalue weighted by Crippen LogP contribution is 2.25. The highest BCUT2D eigenvalue weighted by molar-refractivity contribution is 5.85. The van der Waals surface area contributed by atoms with Crippen LogP contribution in [0.4, 0.5) is 4.79 Å². The molecule has 26 heavy (non-hydrogen) atoms. The average Bonchev–Trinajstić information content (AvgIpc) is 2.64. The van der Waals surface area contributed by atoms with Crippen molar-refractivity contribution in [3.8, 4) is 5.75 Å². The Bertz CT molecular complexity index is 669. The number of amides is 2. The first kappa shape index (κ1) is 22.0. The summed E-state index contributed by atoms with van der Waals surface area (Å²) in [7, 11) is 0. The van der Waals surface area contributed by atoms with E-state index in [2.05, 4.69) is 15.6 Å². The summed E-state index contributed by atoms with van der Waals surface area (Å²) in [6.45, 7) is 4.83. The Hall–Kier alpha value is -2.02. The summed E-state index contributed by atoms with van der Waals surface area (Å²) in [5, 5.41) is 6.28. The fraction of sp³-hybridized carbons (Fsp3) is 0.333. The van der Waals surface area contributed by atoms with Crippen molar-refractivity contribution in [3.63, 3.8) is 0 Å². The zero-order valence-electron chi connectivity index (χ0n) is 14.6. The van der Waals surface area contributed by atoms with Crippen LogP contribution in [0.1, 0.15) is 12.5 Å². The van der Waals surface area contributed by atoms with E-state index in [0.29, 0.717) is 18.8 Å². The van der Waals surface area contributed by atoms with Gasteiger partial charge in [0, 0.05) is 37.9 Å². The van der Waals surface area contributed by atoms with Gasteiger partial charge in [-0.2, -0.15) is 0 Å². The van der Waals surface area contributed by atoms with Crippen molar-refractivity contribution in [2.45, 2.75) is 12.6 Å². The summed E-state index contributed by atoms with van der Waals surface area (Å²) in [5.41, 5.74) is -0.107. The van der Waals surface area contributed by atoms with Crippen molar-refractivity contribution in [3.05, 3.63) is 60.4 Å². The Morgan fingerprint density at radius 3 is 2.46 bits per heavy atom. The number of aromatic nitrogens is 1. The zero-order chi connectivity index (χ0) is 16.8. The molecule has 1 unspecified atom stereocenters. The van der Waals surface area contributed by atoms with Gasteiger partial charge in [-0.1, -0.05) is 30.3 Å². The number of hydrogen-bond donors (Lipinski definition) is 2. The number of hydrogen-bond acceptors (Lipinski definition) is 4. The van der Waals surface area contributed by atoms with E-state index >= 15 is 0 Å². The van der Waals surface area contributed by atoms with Gasteiger partial charge in [0.25, 0.3) is 0 Å². The van der Waals surface area contributed by atoms with Crippen molar-refractivity contribution in [2.24, 2.45) is 0 Å². The molecule has 8 heteroatoms. The van der Waals surface area contributed by atoms with E-state index in [1.807, 2.05) is 43.3 Å². The molecule has 0 aliphatic carbocycles. The van der Waals surface area contributed by atoms with Gasteiger partial charge in [-0.3, -0.25) is 10.3 Å². The molecule has 1 fully saturated rings. The molecule has 2 N–H and O–H groups in total. The summed E-state index contributed by atoms with van der Waals surface area (Å²) in [6, 6.07) is 13.2. The Balaban J connectivity index is 0.00000169. The Kier molecular flexibility index (Phi) is 8.65. The van der Waals surface area contributed by atoms with Crippen molar-refractivity contribution < 1.29 is 9.53 Å². The summed E-state index contributed by atoms with van der Waals surface area (Å²) < 4.78 is 6.11. The molecule has 2 heterocycles. The van der Waals surface area contributed by atoms with Gasteiger partial charge < -0.3 is 15.0 Å². The predicted octanol–water partition coefficient (Wildman–Crippen LogP) is 2.79. The first-order valence-electron chi connectivity index (χ1n) is 8.10. The normalized spacial score (nSPS) is 15.7. The van der Waals surface area contributed by atoms with Gasteiger partial charge in [0.15, 0.2) is 0 Å². The highest BCUT2D eigenvalue weighted by Gasteiger charge is 2.33. The van der Waals surface area contributed by atoms with Crippen LogP contribution in [-0.4, -0.2) is 42.1 Å². The Morgan fingerprint density at radius 1 is 1.15 bits per heavy atom. The van der Waals surface area contributed by atoms with Crippen molar-refractivity contribution >= 4 is 30.8 Å². The van der Waals surface area contributed by atoms with Crippen LogP contribution in [0.2, 0.25) is 0 Å². The van der Waals surface area contributed by atoms with Gasteiger partial charge in [0.1, 0.15) is 5.75 Å². The molecule has 1 atom stereocenters. The minimum Gasteiger partial charge on any atom is -0.462 e. The SMILES string of the molecule is CC(NC(=O)N1CCNCC1)(Oc1cccnc1)c1ccccc1.Cl.Cl. The average molecular weight is 399 g/mol. The van der Waals surface area contributed by atoms with E-state index in [1.165, 1.54) is 0 Å². The van der Waals surface area contributed by atoms with Crippen LogP contribution in [0.3, 0.4) is 0 Å². The number of halogens is 2. The number of nitrogens with zero attached hydrogens (tertiary/aromatic N) is 2. The molecule has 1 aliphatic heterocycles. The van der Waals surface area contributed by atoms with Crippen LogP contribution >= 0.6 is 24.8 Å². The van der Waals surface area contributed by atoms with Crippen LogP contribution in [0, 0.1) is 0 Å². The summed E-state index contributed by atoms with van der Waals surface area (Å²) in [6.07, 6.45) is 3.32. The monoisotopic (exact) mass is 398 g/mol. The lowest BCUT2D eigenvalue weighted by Gasteiger charge is -2.35. The molecular formula is C18H24Cl2N4O2. The molecular weight excluding hydrogens is 375 g/mol. The van der Waals surface area contributed by atoms with E-state index in [0.717, 1.165) is 18.7 Å². The molecule has 2 aromatic rings. The minimum absolute atomic E-state index is 0. The molecule has 1 aromatic carbocycles. The molecule has 1 saturated heterocycles. The molecule has 0 bridgehead atoms. The molecule has 0 saturated carbocycles. The van der Waals surface area contributed by atoms with E-state index in [1.54, 1.807) is 23.4 Å². The second-order valence-corrected chi connectivity index (χ2v) is 5.86. The summed E-state index contributed by atoms with van der Waals surface area (Å²) in [4.78, 5) is 18.5. The van der Waals surface area contributed by atoms with Gasteiger partial charge in [0.05, 0.1) is 6.20 Å². The predicted molar refractivity (Wildman–Crippen MR) is 106 cm³/mol. The molecule has 2 amide bonds. The van der Waals surface area contributed by atoms with Crippen molar-refractivity contribution in [2.75, 3.05) is 26.2 Å². The molecule has 142 valence electrons. The first-order valence-corrected chi connectivity index (χ1v) is 8.10. The molecule has 1 aromatic heterocycles. The number of carbonyl (C=O) groups excluding carboxylic acids is 1. The molecule has 0 spiro atoms. The number of urea groups is 1. The third-order valence-corrected chi connectivity index (χ3v) is 4.03. The summed E-state index contributed by atoms with van der Waals surface area (Å²) >= 11 is 0.